The molecule has 0 aromatic carbocycles. The summed E-state index contributed by atoms with van der Waals surface area (Å²) >= 11 is 0. The molecular weight excluding hydrogens is 222 g/mol. The molecule has 0 saturated carbocycles. The second-order valence-corrected chi connectivity index (χ2v) is 6.19. The quantitative estimate of drug-likeness (QED) is 0.753. The van der Waals surface area contributed by atoms with Crippen LogP contribution in [0.2, 0.25) is 0 Å². The molecule has 2 atom stereocenters. The maximum Gasteiger partial charge on any atom is 0.0612 e. The van der Waals surface area contributed by atoms with Crippen LogP contribution in [0.15, 0.2) is 11.6 Å². The summed E-state index contributed by atoms with van der Waals surface area (Å²) < 4.78 is 5.81. The van der Waals surface area contributed by atoms with Gasteiger partial charge in [0.05, 0.1) is 6.10 Å². The van der Waals surface area contributed by atoms with E-state index in [0.717, 1.165) is 13.2 Å². The number of hydrogen-bond acceptors (Lipinski definition) is 2. The maximum atomic E-state index is 5.81. The first kappa shape index (κ1) is 14.1. The van der Waals surface area contributed by atoms with Gasteiger partial charge >= 0.3 is 0 Å². The molecule has 1 saturated heterocycles. The lowest BCUT2D eigenvalue weighted by Crippen LogP contribution is -2.41. The van der Waals surface area contributed by atoms with E-state index >= 15 is 0 Å². The minimum atomic E-state index is 0.463. The topological polar surface area (TPSA) is 21.3 Å². The predicted molar refractivity (Wildman–Crippen MR) is 76.8 cm³/mol. The van der Waals surface area contributed by atoms with E-state index in [1.54, 1.807) is 5.57 Å². The molecule has 0 aromatic rings. The van der Waals surface area contributed by atoms with Gasteiger partial charge in [0.25, 0.3) is 0 Å². The van der Waals surface area contributed by atoms with E-state index in [9.17, 15) is 0 Å². The van der Waals surface area contributed by atoms with Gasteiger partial charge < -0.3 is 10.1 Å². The molecular formula is C16H29NO. The van der Waals surface area contributed by atoms with Gasteiger partial charge in [0, 0.05) is 12.6 Å². The summed E-state index contributed by atoms with van der Waals surface area (Å²) in [6, 6.07) is 0.676. The molecule has 1 fully saturated rings. The Balaban J connectivity index is 1.65. The summed E-state index contributed by atoms with van der Waals surface area (Å²) in [5.74, 6) is 0.649. The summed E-state index contributed by atoms with van der Waals surface area (Å²) in [4.78, 5) is 0. The molecule has 2 aliphatic rings. The molecule has 1 N–H and O–H groups in total. The SMILES string of the molecule is CC(C)C1CC(NCCC2=CCCCC2)CCO1. The minimum Gasteiger partial charge on any atom is -0.378 e. The second kappa shape index (κ2) is 7.30. The zero-order valence-corrected chi connectivity index (χ0v) is 12.1. The van der Waals surface area contributed by atoms with Crippen molar-refractivity contribution in [2.75, 3.05) is 13.2 Å². The smallest absolute Gasteiger partial charge is 0.0612 e. The Morgan fingerprint density at radius 3 is 3.00 bits per heavy atom. The lowest BCUT2D eigenvalue weighted by atomic mass is 9.94. The molecule has 0 bridgehead atoms. The average Bonchev–Trinajstić information content (AvgIpc) is 2.40. The van der Waals surface area contributed by atoms with Crippen LogP contribution in [0, 0.1) is 5.92 Å². The van der Waals surface area contributed by atoms with Crippen LogP contribution in [0.1, 0.15) is 58.8 Å². The van der Waals surface area contributed by atoms with Crippen molar-refractivity contribution in [3.05, 3.63) is 11.6 Å². The highest BCUT2D eigenvalue weighted by Gasteiger charge is 2.24. The van der Waals surface area contributed by atoms with Gasteiger partial charge in [0.15, 0.2) is 0 Å². The van der Waals surface area contributed by atoms with Crippen LogP contribution in [-0.2, 0) is 4.74 Å². The molecule has 2 rings (SSSR count). The molecule has 104 valence electrons. The molecule has 0 aromatic heterocycles. The first-order valence-electron chi connectivity index (χ1n) is 7.78. The van der Waals surface area contributed by atoms with E-state index in [1.165, 1.54) is 44.9 Å². The molecule has 0 radical (unpaired) electrons. The first-order valence-corrected chi connectivity index (χ1v) is 7.78. The molecule has 0 spiro atoms. The van der Waals surface area contributed by atoms with Crippen LogP contribution in [0.25, 0.3) is 0 Å². The molecule has 18 heavy (non-hydrogen) atoms. The van der Waals surface area contributed by atoms with Crippen molar-refractivity contribution in [3.8, 4) is 0 Å². The van der Waals surface area contributed by atoms with Crippen molar-refractivity contribution in [2.45, 2.75) is 70.9 Å². The molecule has 1 aliphatic carbocycles. The Bertz CT molecular complexity index is 272. The van der Waals surface area contributed by atoms with Crippen molar-refractivity contribution in [1.82, 2.24) is 5.32 Å². The van der Waals surface area contributed by atoms with Crippen LogP contribution in [0.4, 0.5) is 0 Å². The van der Waals surface area contributed by atoms with Crippen LogP contribution >= 0.6 is 0 Å². The van der Waals surface area contributed by atoms with Crippen molar-refractivity contribution in [2.24, 2.45) is 5.92 Å². The summed E-state index contributed by atoms with van der Waals surface area (Å²) in [6.45, 7) is 6.62. The standard InChI is InChI=1S/C16H29NO/c1-13(2)16-12-15(9-11-18-16)17-10-8-14-6-4-3-5-7-14/h6,13,15-17H,3-5,7-12H2,1-2H3. The van der Waals surface area contributed by atoms with Crippen molar-refractivity contribution >= 4 is 0 Å². The Kier molecular flexibility index (Phi) is 5.71. The summed E-state index contributed by atoms with van der Waals surface area (Å²) in [7, 11) is 0. The molecule has 2 nitrogen and oxygen atoms in total. The van der Waals surface area contributed by atoms with Crippen LogP contribution < -0.4 is 5.32 Å². The Morgan fingerprint density at radius 2 is 2.28 bits per heavy atom. The fourth-order valence-electron chi connectivity index (χ4n) is 3.05. The average molecular weight is 251 g/mol. The third-order valence-corrected chi connectivity index (χ3v) is 4.32. The van der Waals surface area contributed by atoms with Gasteiger partial charge in [0.1, 0.15) is 0 Å². The lowest BCUT2D eigenvalue weighted by Gasteiger charge is -2.32. The zero-order valence-electron chi connectivity index (χ0n) is 12.1. The van der Waals surface area contributed by atoms with Gasteiger partial charge in [-0.2, -0.15) is 0 Å². The Hall–Kier alpha value is -0.340. The van der Waals surface area contributed by atoms with E-state index in [-0.39, 0.29) is 0 Å². The largest absolute Gasteiger partial charge is 0.378 e. The van der Waals surface area contributed by atoms with E-state index in [4.69, 9.17) is 4.74 Å². The zero-order chi connectivity index (χ0) is 12.8. The monoisotopic (exact) mass is 251 g/mol. The fraction of sp³-hybridized carbons (Fsp3) is 0.875. The van der Waals surface area contributed by atoms with Gasteiger partial charge in [-0.25, -0.2) is 0 Å². The Morgan fingerprint density at radius 1 is 1.39 bits per heavy atom. The number of nitrogens with one attached hydrogen (secondary N) is 1. The van der Waals surface area contributed by atoms with Crippen molar-refractivity contribution in [3.63, 3.8) is 0 Å². The van der Waals surface area contributed by atoms with E-state index in [2.05, 4.69) is 25.2 Å². The van der Waals surface area contributed by atoms with E-state index < -0.39 is 0 Å². The summed E-state index contributed by atoms with van der Waals surface area (Å²) in [6.07, 6.45) is 12.0. The van der Waals surface area contributed by atoms with Crippen LogP contribution in [-0.4, -0.2) is 25.3 Å². The third-order valence-electron chi connectivity index (χ3n) is 4.32. The highest BCUT2D eigenvalue weighted by Crippen LogP contribution is 2.22. The van der Waals surface area contributed by atoms with Gasteiger partial charge in [-0.3, -0.25) is 0 Å². The highest BCUT2D eigenvalue weighted by atomic mass is 16.5. The van der Waals surface area contributed by atoms with Gasteiger partial charge in [-0.15, -0.1) is 0 Å². The molecule has 0 amide bonds. The van der Waals surface area contributed by atoms with E-state index in [0.29, 0.717) is 18.1 Å². The van der Waals surface area contributed by atoms with Gasteiger partial charge in [-0.1, -0.05) is 25.5 Å². The lowest BCUT2D eigenvalue weighted by molar-refractivity contribution is -0.0242. The third kappa shape index (κ3) is 4.40. The van der Waals surface area contributed by atoms with E-state index in [1.807, 2.05) is 0 Å². The normalized spacial score (nSPS) is 29.4. The Labute approximate surface area is 112 Å². The van der Waals surface area contributed by atoms with Crippen LogP contribution in [0.3, 0.4) is 0 Å². The maximum absolute atomic E-state index is 5.81. The van der Waals surface area contributed by atoms with Gasteiger partial charge in [0.2, 0.25) is 0 Å². The molecule has 1 heterocycles. The molecule has 2 heteroatoms. The first-order chi connectivity index (χ1) is 8.75. The summed E-state index contributed by atoms with van der Waals surface area (Å²) in [5, 5.41) is 3.73. The number of hydrogen-bond donors (Lipinski definition) is 1. The number of allylic oxidation sites excluding steroid dienone is 1. The molecule has 1 aliphatic heterocycles. The predicted octanol–water partition coefficient (Wildman–Crippen LogP) is 3.67. The number of ether oxygens (including phenoxy) is 1. The summed E-state index contributed by atoms with van der Waals surface area (Å²) in [5.41, 5.74) is 1.68. The fourth-order valence-corrected chi connectivity index (χ4v) is 3.05. The van der Waals surface area contributed by atoms with Gasteiger partial charge in [-0.05, 0) is 57.4 Å². The molecule has 2 unspecified atom stereocenters. The van der Waals surface area contributed by atoms with Crippen molar-refractivity contribution < 1.29 is 4.74 Å². The second-order valence-electron chi connectivity index (χ2n) is 6.19. The minimum absolute atomic E-state index is 0.463. The highest BCUT2D eigenvalue weighted by molar-refractivity contribution is 5.05. The van der Waals surface area contributed by atoms with Crippen molar-refractivity contribution in [1.29, 1.82) is 0 Å². The van der Waals surface area contributed by atoms with Crippen LogP contribution in [0.5, 0.6) is 0 Å². The number of rotatable bonds is 5.